The Hall–Kier alpha value is -2.28. The third-order valence-electron chi connectivity index (χ3n) is 4.22. The largest absolute Gasteiger partial charge is 0.497 e. The molecule has 0 spiro atoms. The molecular weight excluding hydrogens is 276 g/mol. The Morgan fingerprint density at radius 3 is 2.59 bits per heavy atom. The van der Waals surface area contributed by atoms with Gasteiger partial charge < -0.3 is 10.1 Å². The fourth-order valence-electron chi connectivity index (χ4n) is 2.79. The van der Waals surface area contributed by atoms with Gasteiger partial charge in [-0.15, -0.1) is 0 Å². The Labute approximate surface area is 131 Å². The standard InChI is InChI=1S/C18H22N2O2/c1-13-5-3-4-6-17(13)20-18(21)15(12-19)11-14-7-9-16(22-2)10-8-14/h7-11,13,17H,3-6H2,1-2H3,(H,20,21)/b15-11+/t13-,17-/m0/s1. The molecule has 116 valence electrons. The summed E-state index contributed by atoms with van der Waals surface area (Å²) in [5.74, 6) is 0.937. The summed E-state index contributed by atoms with van der Waals surface area (Å²) in [6, 6.07) is 9.44. The smallest absolute Gasteiger partial charge is 0.262 e. The number of benzene rings is 1. The lowest BCUT2D eigenvalue weighted by Gasteiger charge is -2.29. The Balaban J connectivity index is 2.07. The van der Waals surface area contributed by atoms with E-state index in [1.807, 2.05) is 30.3 Å². The Kier molecular flexibility index (Phi) is 5.60. The molecule has 0 heterocycles. The van der Waals surface area contributed by atoms with Gasteiger partial charge in [-0.25, -0.2) is 0 Å². The van der Waals surface area contributed by atoms with E-state index in [1.54, 1.807) is 13.2 Å². The third kappa shape index (κ3) is 4.11. The molecule has 1 aliphatic rings. The van der Waals surface area contributed by atoms with Gasteiger partial charge in [-0.05, 0) is 42.5 Å². The van der Waals surface area contributed by atoms with E-state index in [-0.39, 0.29) is 17.5 Å². The van der Waals surface area contributed by atoms with Crippen molar-refractivity contribution in [2.45, 2.75) is 38.6 Å². The van der Waals surface area contributed by atoms with Gasteiger partial charge in [0.2, 0.25) is 0 Å². The third-order valence-corrected chi connectivity index (χ3v) is 4.22. The molecule has 4 heteroatoms. The summed E-state index contributed by atoms with van der Waals surface area (Å²) < 4.78 is 5.10. The maximum atomic E-state index is 12.3. The van der Waals surface area contributed by atoms with E-state index < -0.39 is 0 Å². The van der Waals surface area contributed by atoms with Crippen molar-refractivity contribution >= 4 is 12.0 Å². The fourth-order valence-corrected chi connectivity index (χ4v) is 2.79. The first-order chi connectivity index (χ1) is 10.6. The number of nitrogens with zero attached hydrogens (tertiary/aromatic N) is 1. The highest BCUT2D eigenvalue weighted by molar-refractivity contribution is 6.01. The first kappa shape index (κ1) is 16.1. The molecule has 2 atom stereocenters. The molecule has 0 aromatic heterocycles. The average molecular weight is 298 g/mol. The van der Waals surface area contributed by atoms with Crippen molar-refractivity contribution in [3.8, 4) is 11.8 Å². The maximum absolute atomic E-state index is 12.3. The van der Waals surface area contributed by atoms with Crippen LogP contribution in [-0.2, 0) is 4.79 Å². The van der Waals surface area contributed by atoms with Crippen molar-refractivity contribution in [1.29, 1.82) is 5.26 Å². The molecule has 1 N–H and O–H groups in total. The summed E-state index contributed by atoms with van der Waals surface area (Å²) in [6.45, 7) is 2.16. The van der Waals surface area contributed by atoms with E-state index in [9.17, 15) is 10.1 Å². The van der Waals surface area contributed by atoms with Crippen LogP contribution in [0.3, 0.4) is 0 Å². The van der Waals surface area contributed by atoms with Gasteiger partial charge in [0.1, 0.15) is 17.4 Å². The number of rotatable bonds is 4. The van der Waals surface area contributed by atoms with Crippen molar-refractivity contribution in [2.75, 3.05) is 7.11 Å². The predicted octanol–water partition coefficient (Wildman–Crippen LogP) is 3.30. The zero-order valence-electron chi connectivity index (χ0n) is 13.1. The second kappa shape index (κ2) is 7.65. The lowest BCUT2D eigenvalue weighted by atomic mass is 9.86. The summed E-state index contributed by atoms with van der Waals surface area (Å²) in [4.78, 5) is 12.3. The number of nitrogens with one attached hydrogen (secondary N) is 1. The van der Waals surface area contributed by atoms with Crippen molar-refractivity contribution < 1.29 is 9.53 Å². The van der Waals surface area contributed by atoms with Crippen LogP contribution >= 0.6 is 0 Å². The van der Waals surface area contributed by atoms with Crippen LogP contribution in [-0.4, -0.2) is 19.1 Å². The molecule has 0 radical (unpaired) electrons. The molecule has 1 aromatic rings. The average Bonchev–Trinajstić information content (AvgIpc) is 2.55. The molecule has 0 bridgehead atoms. The second-order valence-corrected chi connectivity index (χ2v) is 5.78. The molecule has 4 nitrogen and oxygen atoms in total. The SMILES string of the molecule is COc1ccc(/C=C(\C#N)C(=O)N[C@H]2CCCC[C@@H]2C)cc1. The highest BCUT2D eigenvalue weighted by Gasteiger charge is 2.23. The maximum Gasteiger partial charge on any atom is 0.262 e. The summed E-state index contributed by atoms with van der Waals surface area (Å²) in [6.07, 6.45) is 6.10. The lowest BCUT2D eigenvalue weighted by molar-refractivity contribution is -0.118. The van der Waals surface area contributed by atoms with Crippen LogP contribution in [0.4, 0.5) is 0 Å². The first-order valence-electron chi connectivity index (χ1n) is 7.70. The minimum atomic E-state index is -0.280. The number of hydrogen-bond acceptors (Lipinski definition) is 3. The number of ether oxygens (including phenoxy) is 1. The van der Waals surface area contributed by atoms with Crippen LogP contribution < -0.4 is 10.1 Å². The quantitative estimate of drug-likeness (QED) is 0.685. The molecule has 22 heavy (non-hydrogen) atoms. The highest BCUT2D eigenvalue weighted by Crippen LogP contribution is 2.24. The Morgan fingerprint density at radius 1 is 1.32 bits per heavy atom. The normalized spacial score (nSPS) is 21.8. The van der Waals surface area contributed by atoms with Crippen LogP contribution in [0.5, 0.6) is 5.75 Å². The van der Waals surface area contributed by atoms with E-state index in [0.29, 0.717) is 5.92 Å². The molecule has 1 saturated carbocycles. The van der Waals surface area contributed by atoms with Crippen molar-refractivity contribution in [2.24, 2.45) is 5.92 Å². The molecule has 1 aromatic carbocycles. The van der Waals surface area contributed by atoms with Crippen molar-refractivity contribution in [3.05, 3.63) is 35.4 Å². The van der Waals surface area contributed by atoms with Gasteiger partial charge >= 0.3 is 0 Å². The van der Waals surface area contributed by atoms with E-state index in [2.05, 4.69) is 12.2 Å². The minimum Gasteiger partial charge on any atom is -0.497 e. The van der Waals surface area contributed by atoms with Gasteiger partial charge in [0, 0.05) is 6.04 Å². The molecule has 1 fully saturated rings. The van der Waals surface area contributed by atoms with Crippen molar-refractivity contribution in [1.82, 2.24) is 5.32 Å². The highest BCUT2D eigenvalue weighted by atomic mass is 16.5. The van der Waals surface area contributed by atoms with E-state index in [1.165, 1.54) is 6.42 Å². The number of nitriles is 1. The minimum absolute atomic E-state index is 0.142. The molecule has 1 aliphatic carbocycles. The van der Waals surface area contributed by atoms with Crippen LogP contribution in [0, 0.1) is 17.2 Å². The molecule has 1 amide bonds. The molecule has 0 aliphatic heterocycles. The zero-order valence-corrected chi connectivity index (χ0v) is 13.1. The number of carbonyl (C=O) groups is 1. The van der Waals surface area contributed by atoms with Gasteiger partial charge in [-0.1, -0.05) is 31.9 Å². The molecule has 2 rings (SSSR count). The lowest BCUT2D eigenvalue weighted by Crippen LogP contribution is -2.41. The molecular formula is C18H22N2O2. The van der Waals surface area contributed by atoms with Gasteiger partial charge in [-0.2, -0.15) is 5.26 Å². The van der Waals surface area contributed by atoms with Crippen LogP contribution in [0.25, 0.3) is 6.08 Å². The summed E-state index contributed by atoms with van der Waals surface area (Å²) in [7, 11) is 1.60. The number of carbonyl (C=O) groups excluding carboxylic acids is 1. The van der Waals surface area contributed by atoms with Crippen LogP contribution in [0.2, 0.25) is 0 Å². The molecule has 0 saturated heterocycles. The Morgan fingerprint density at radius 2 is 2.00 bits per heavy atom. The Bertz CT molecular complexity index is 584. The first-order valence-corrected chi connectivity index (χ1v) is 7.70. The summed E-state index contributed by atoms with van der Waals surface area (Å²) in [5.41, 5.74) is 0.951. The summed E-state index contributed by atoms with van der Waals surface area (Å²) >= 11 is 0. The number of methoxy groups -OCH3 is 1. The fraction of sp³-hybridized carbons (Fsp3) is 0.444. The summed E-state index contributed by atoms with van der Waals surface area (Å²) in [5, 5.41) is 12.3. The van der Waals surface area contributed by atoms with E-state index in [0.717, 1.165) is 30.6 Å². The van der Waals surface area contributed by atoms with Gasteiger partial charge in [0.05, 0.1) is 7.11 Å². The molecule has 0 unspecified atom stereocenters. The van der Waals surface area contributed by atoms with Crippen molar-refractivity contribution in [3.63, 3.8) is 0 Å². The van der Waals surface area contributed by atoms with E-state index in [4.69, 9.17) is 4.74 Å². The van der Waals surface area contributed by atoms with Crippen LogP contribution in [0.15, 0.2) is 29.8 Å². The van der Waals surface area contributed by atoms with Gasteiger partial charge in [0.25, 0.3) is 5.91 Å². The van der Waals surface area contributed by atoms with Crippen LogP contribution in [0.1, 0.15) is 38.2 Å². The second-order valence-electron chi connectivity index (χ2n) is 5.78. The van der Waals surface area contributed by atoms with E-state index >= 15 is 0 Å². The van der Waals surface area contributed by atoms with Gasteiger partial charge in [-0.3, -0.25) is 4.79 Å². The number of hydrogen-bond donors (Lipinski definition) is 1. The number of amides is 1. The zero-order chi connectivity index (χ0) is 15.9. The van der Waals surface area contributed by atoms with Gasteiger partial charge in [0.15, 0.2) is 0 Å². The topological polar surface area (TPSA) is 62.1 Å². The monoisotopic (exact) mass is 298 g/mol. The predicted molar refractivity (Wildman–Crippen MR) is 86.1 cm³/mol.